The SMILES string of the molecule is CCNCC1CCN(c2cc(C(N)=O)cc(C)n2)CC1. The molecule has 1 aromatic rings. The fourth-order valence-corrected chi connectivity index (χ4v) is 2.67. The second-order valence-electron chi connectivity index (χ2n) is 5.46. The molecule has 5 nitrogen and oxygen atoms in total. The number of hydrogen-bond donors (Lipinski definition) is 2. The fraction of sp³-hybridized carbons (Fsp3) is 0.600. The Morgan fingerprint density at radius 2 is 2.15 bits per heavy atom. The monoisotopic (exact) mass is 276 g/mol. The summed E-state index contributed by atoms with van der Waals surface area (Å²) in [5.41, 5.74) is 6.75. The number of nitrogens with zero attached hydrogens (tertiary/aromatic N) is 2. The predicted molar refractivity (Wildman–Crippen MR) is 81.0 cm³/mol. The zero-order chi connectivity index (χ0) is 14.5. The number of carbonyl (C=O) groups excluding carboxylic acids is 1. The Bertz CT molecular complexity index is 467. The number of aryl methyl sites for hydroxylation is 1. The van der Waals surface area contributed by atoms with Crippen LogP contribution in [0.25, 0.3) is 0 Å². The summed E-state index contributed by atoms with van der Waals surface area (Å²) < 4.78 is 0. The molecule has 1 saturated heterocycles. The highest BCUT2D eigenvalue weighted by Crippen LogP contribution is 2.22. The van der Waals surface area contributed by atoms with Crippen LogP contribution in [0.4, 0.5) is 5.82 Å². The zero-order valence-electron chi connectivity index (χ0n) is 12.4. The van der Waals surface area contributed by atoms with Crippen molar-refractivity contribution in [1.82, 2.24) is 10.3 Å². The predicted octanol–water partition coefficient (Wildman–Crippen LogP) is 1.31. The lowest BCUT2D eigenvalue weighted by atomic mass is 9.96. The molecule has 1 aromatic heterocycles. The molecule has 3 N–H and O–H groups in total. The summed E-state index contributed by atoms with van der Waals surface area (Å²) in [6.07, 6.45) is 2.32. The maximum Gasteiger partial charge on any atom is 0.248 e. The number of anilines is 1. The topological polar surface area (TPSA) is 71.2 Å². The third-order valence-corrected chi connectivity index (χ3v) is 3.85. The van der Waals surface area contributed by atoms with Crippen molar-refractivity contribution in [2.24, 2.45) is 11.7 Å². The molecule has 0 aromatic carbocycles. The molecule has 0 unspecified atom stereocenters. The van der Waals surface area contributed by atoms with E-state index in [1.165, 1.54) is 0 Å². The minimum absolute atomic E-state index is 0.390. The van der Waals surface area contributed by atoms with Crippen LogP contribution in [0.1, 0.15) is 35.8 Å². The number of aromatic nitrogens is 1. The van der Waals surface area contributed by atoms with Crippen LogP contribution >= 0.6 is 0 Å². The van der Waals surface area contributed by atoms with E-state index in [-0.39, 0.29) is 0 Å². The van der Waals surface area contributed by atoms with Gasteiger partial charge in [0.25, 0.3) is 0 Å². The molecule has 0 saturated carbocycles. The highest BCUT2D eigenvalue weighted by atomic mass is 16.1. The molecule has 1 aliphatic heterocycles. The Labute approximate surface area is 120 Å². The molecular formula is C15H24N4O. The van der Waals surface area contributed by atoms with Gasteiger partial charge in [0.2, 0.25) is 5.91 Å². The van der Waals surface area contributed by atoms with E-state index in [2.05, 4.69) is 22.1 Å². The van der Waals surface area contributed by atoms with E-state index >= 15 is 0 Å². The number of primary amides is 1. The van der Waals surface area contributed by atoms with Gasteiger partial charge in [0.05, 0.1) is 0 Å². The standard InChI is InChI=1S/C15H24N4O/c1-3-17-10-12-4-6-19(7-5-12)14-9-13(15(16)20)8-11(2)18-14/h8-9,12,17H,3-7,10H2,1-2H3,(H2,16,20). The van der Waals surface area contributed by atoms with E-state index in [0.717, 1.165) is 56.5 Å². The Kier molecular flexibility index (Phi) is 4.95. The Hall–Kier alpha value is -1.62. The average Bonchev–Trinajstić information content (AvgIpc) is 2.45. The van der Waals surface area contributed by atoms with Gasteiger partial charge in [-0.3, -0.25) is 4.79 Å². The molecule has 0 atom stereocenters. The van der Waals surface area contributed by atoms with Gasteiger partial charge in [-0.25, -0.2) is 4.98 Å². The lowest BCUT2D eigenvalue weighted by Crippen LogP contribution is -2.37. The van der Waals surface area contributed by atoms with Crippen molar-refractivity contribution in [3.63, 3.8) is 0 Å². The molecule has 1 aliphatic rings. The van der Waals surface area contributed by atoms with Crippen molar-refractivity contribution in [2.45, 2.75) is 26.7 Å². The third kappa shape index (κ3) is 3.70. The van der Waals surface area contributed by atoms with Crippen molar-refractivity contribution in [3.8, 4) is 0 Å². The number of pyridine rings is 1. The van der Waals surface area contributed by atoms with Gasteiger partial charge in [0.15, 0.2) is 0 Å². The van der Waals surface area contributed by atoms with Gasteiger partial charge >= 0.3 is 0 Å². The number of hydrogen-bond acceptors (Lipinski definition) is 4. The Morgan fingerprint density at radius 1 is 1.45 bits per heavy atom. The first-order valence-electron chi connectivity index (χ1n) is 7.34. The minimum atomic E-state index is -0.390. The van der Waals surface area contributed by atoms with Gasteiger partial charge < -0.3 is 16.0 Å². The number of nitrogens with one attached hydrogen (secondary N) is 1. The van der Waals surface area contributed by atoms with Crippen LogP contribution < -0.4 is 16.0 Å². The average molecular weight is 276 g/mol. The largest absolute Gasteiger partial charge is 0.366 e. The van der Waals surface area contributed by atoms with Crippen molar-refractivity contribution in [2.75, 3.05) is 31.1 Å². The van der Waals surface area contributed by atoms with Gasteiger partial charge in [-0.1, -0.05) is 6.92 Å². The van der Waals surface area contributed by atoms with Crippen LogP contribution in [-0.4, -0.2) is 37.1 Å². The number of nitrogens with two attached hydrogens (primary N) is 1. The Balaban J connectivity index is 2.01. The number of amides is 1. The number of carbonyl (C=O) groups is 1. The van der Waals surface area contributed by atoms with Gasteiger partial charge in [0, 0.05) is 24.3 Å². The van der Waals surface area contributed by atoms with Gasteiger partial charge in [0.1, 0.15) is 5.82 Å². The van der Waals surface area contributed by atoms with Crippen molar-refractivity contribution >= 4 is 11.7 Å². The van der Waals surface area contributed by atoms with Crippen LogP contribution in [-0.2, 0) is 0 Å². The maximum atomic E-state index is 11.3. The van der Waals surface area contributed by atoms with Crippen molar-refractivity contribution in [3.05, 3.63) is 23.4 Å². The summed E-state index contributed by atoms with van der Waals surface area (Å²) in [5, 5.41) is 3.41. The van der Waals surface area contributed by atoms with Crippen molar-refractivity contribution in [1.29, 1.82) is 0 Å². The molecule has 2 rings (SSSR count). The van der Waals surface area contributed by atoms with Gasteiger partial charge in [-0.05, 0) is 50.9 Å². The highest BCUT2D eigenvalue weighted by Gasteiger charge is 2.20. The van der Waals surface area contributed by atoms with Gasteiger partial charge in [-0.15, -0.1) is 0 Å². The molecule has 0 bridgehead atoms. The van der Waals surface area contributed by atoms with Crippen LogP contribution in [0, 0.1) is 12.8 Å². The molecular weight excluding hydrogens is 252 g/mol. The minimum Gasteiger partial charge on any atom is -0.366 e. The lowest BCUT2D eigenvalue weighted by Gasteiger charge is -2.33. The first kappa shape index (κ1) is 14.8. The van der Waals surface area contributed by atoms with E-state index in [1.54, 1.807) is 12.1 Å². The molecule has 0 aliphatic carbocycles. The second-order valence-corrected chi connectivity index (χ2v) is 5.46. The smallest absolute Gasteiger partial charge is 0.248 e. The van der Waals surface area contributed by atoms with E-state index in [0.29, 0.717) is 5.56 Å². The first-order valence-corrected chi connectivity index (χ1v) is 7.34. The van der Waals surface area contributed by atoms with E-state index in [1.807, 2.05) is 6.92 Å². The van der Waals surface area contributed by atoms with E-state index in [4.69, 9.17) is 5.73 Å². The van der Waals surface area contributed by atoms with Crippen LogP contribution in [0.15, 0.2) is 12.1 Å². The summed E-state index contributed by atoms with van der Waals surface area (Å²) in [4.78, 5) is 18.1. The maximum absolute atomic E-state index is 11.3. The fourth-order valence-electron chi connectivity index (χ4n) is 2.67. The van der Waals surface area contributed by atoms with E-state index < -0.39 is 5.91 Å². The molecule has 1 amide bonds. The molecule has 1 fully saturated rings. The van der Waals surface area contributed by atoms with Crippen LogP contribution in [0.3, 0.4) is 0 Å². The summed E-state index contributed by atoms with van der Waals surface area (Å²) in [7, 11) is 0. The highest BCUT2D eigenvalue weighted by molar-refractivity contribution is 5.93. The summed E-state index contributed by atoms with van der Waals surface area (Å²) in [5.74, 6) is 1.23. The summed E-state index contributed by atoms with van der Waals surface area (Å²) in [6, 6.07) is 3.55. The molecule has 20 heavy (non-hydrogen) atoms. The Morgan fingerprint density at radius 3 is 2.75 bits per heavy atom. The molecule has 5 heteroatoms. The van der Waals surface area contributed by atoms with Crippen molar-refractivity contribution < 1.29 is 4.79 Å². The summed E-state index contributed by atoms with van der Waals surface area (Å²) in [6.45, 7) is 8.14. The summed E-state index contributed by atoms with van der Waals surface area (Å²) >= 11 is 0. The van der Waals surface area contributed by atoms with E-state index in [9.17, 15) is 4.79 Å². The van der Waals surface area contributed by atoms with Gasteiger partial charge in [-0.2, -0.15) is 0 Å². The molecule has 110 valence electrons. The number of rotatable bonds is 5. The quantitative estimate of drug-likeness (QED) is 0.850. The van der Waals surface area contributed by atoms with Crippen LogP contribution in [0.5, 0.6) is 0 Å². The number of piperidine rings is 1. The molecule has 2 heterocycles. The normalized spacial score (nSPS) is 16.4. The second kappa shape index (κ2) is 6.70. The molecule has 0 radical (unpaired) electrons. The lowest BCUT2D eigenvalue weighted by molar-refractivity contribution is 0.1000. The third-order valence-electron chi connectivity index (χ3n) is 3.85. The zero-order valence-corrected chi connectivity index (χ0v) is 12.4. The first-order chi connectivity index (χ1) is 9.60. The molecule has 0 spiro atoms. The van der Waals surface area contributed by atoms with Crippen LogP contribution in [0.2, 0.25) is 0 Å².